The predicted octanol–water partition coefficient (Wildman–Crippen LogP) is 3.25. The number of hydrogen-bond acceptors (Lipinski definition) is 5. The minimum Gasteiger partial charge on any atom is -0.436 e. The van der Waals surface area contributed by atoms with E-state index in [9.17, 15) is 0 Å². The third-order valence-electron chi connectivity index (χ3n) is 2.79. The molecule has 2 aromatic heterocycles. The molecule has 0 unspecified atom stereocenters. The van der Waals surface area contributed by atoms with Gasteiger partial charge in [0, 0.05) is 17.1 Å². The van der Waals surface area contributed by atoms with Crippen molar-refractivity contribution >= 4 is 11.8 Å². The fraction of sp³-hybridized carbons (Fsp3) is 0.385. The van der Waals surface area contributed by atoms with Crippen LogP contribution in [-0.2, 0) is 0 Å². The maximum atomic E-state index is 5.92. The predicted molar refractivity (Wildman–Crippen MR) is 71.6 cm³/mol. The lowest BCUT2D eigenvalue weighted by Crippen LogP contribution is -2.10. The highest BCUT2D eigenvalue weighted by atomic mass is 32.2. The van der Waals surface area contributed by atoms with Crippen molar-refractivity contribution in [2.24, 2.45) is 5.73 Å². The van der Waals surface area contributed by atoms with Crippen LogP contribution in [0.15, 0.2) is 32.9 Å². The minimum absolute atomic E-state index is 0.00952. The topological polar surface area (TPSA) is 64.9 Å². The highest BCUT2D eigenvalue weighted by Gasteiger charge is 2.09. The van der Waals surface area contributed by atoms with E-state index in [2.05, 4.69) is 9.97 Å². The van der Waals surface area contributed by atoms with E-state index in [1.165, 1.54) is 11.8 Å². The molecule has 0 saturated heterocycles. The maximum absolute atomic E-state index is 5.92. The Kier molecular flexibility index (Phi) is 4.04. The van der Waals surface area contributed by atoms with Gasteiger partial charge in [0.2, 0.25) is 0 Å². The van der Waals surface area contributed by atoms with E-state index in [4.69, 9.17) is 10.2 Å². The quantitative estimate of drug-likeness (QED) is 0.917. The van der Waals surface area contributed by atoms with Gasteiger partial charge in [-0.3, -0.25) is 4.98 Å². The number of rotatable bonds is 4. The molecule has 2 heterocycles. The van der Waals surface area contributed by atoms with E-state index in [-0.39, 0.29) is 6.04 Å². The van der Waals surface area contributed by atoms with Crippen LogP contribution in [-0.4, -0.2) is 9.97 Å². The number of pyridine rings is 1. The standard InChI is InChI=1S/C13H17N3OS/c1-4-11(14)12-6-5-10(7-15-12)18-13-16-8(2)9(3)17-13/h5-7,11H,4,14H2,1-3H3/t11-/m0/s1. The van der Waals surface area contributed by atoms with Crippen molar-refractivity contribution in [2.45, 2.75) is 43.4 Å². The van der Waals surface area contributed by atoms with E-state index in [0.717, 1.165) is 28.5 Å². The molecule has 4 nitrogen and oxygen atoms in total. The third-order valence-corrected chi connectivity index (χ3v) is 3.62. The van der Waals surface area contributed by atoms with Gasteiger partial charge in [-0.25, -0.2) is 4.98 Å². The Labute approximate surface area is 111 Å². The SMILES string of the molecule is CC[C@H](N)c1ccc(Sc2nc(C)c(C)o2)cn1. The van der Waals surface area contributed by atoms with E-state index < -0.39 is 0 Å². The molecule has 0 aliphatic heterocycles. The van der Waals surface area contributed by atoms with Gasteiger partial charge in [-0.05, 0) is 44.2 Å². The first-order valence-corrected chi connectivity index (χ1v) is 6.75. The van der Waals surface area contributed by atoms with Crippen LogP contribution in [0.4, 0.5) is 0 Å². The molecule has 18 heavy (non-hydrogen) atoms. The molecule has 1 atom stereocenters. The molecule has 2 rings (SSSR count). The molecular weight excluding hydrogens is 246 g/mol. The summed E-state index contributed by atoms with van der Waals surface area (Å²) in [6.45, 7) is 5.89. The van der Waals surface area contributed by atoms with E-state index in [1.54, 1.807) is 0 Å². The average molecular weight is 263 g/mol. The van der Waals surface area contributed by atoms with Crippen molar-refractivity contribution in [2.75, 3.05) is 0 Å². The van der Waals surface area contributed by atoms with E-state index >= 15 is 0 Å². The van der Waals surface area contributed by atoms with Gasteiger partial charge in [0.1, 0.15) is 5.76 Å². The van der Waals surface area contributed by atoms with Gasteiger partial charge in [0.15, 0.2) is 0 Å². The Balaban J connectivity index is 2.10. The monoisotopic (exact) mass is 263 g/mol. The van der Waals surface area contributed by atoms with Crippen molar-refractivity contribution < 1.29 is 4.42 Å². The Bertz CT molecular complexity index is 502. The molecule has 0 fully saturated rings. The first-order chi connectivity index (χ1) is 8.60. The Morgan fingerprint density at radius 1 is 1.39 bits per heavy atom. The number of nitrogens with two attached hydrogens (primary N) is 1. The largest absolute Gasteiger partial charge is 0.436 e. The van der Waals surface area contributed by atoms with Crippen LogP contribution in [0.2, 0.25) is 0 Å². The highest BCUT2D eigenvalue weighted by molar-refractivity contribution is 7.99. The van der Waals surface area contributed by atoms with Crippen molar-refractivity contribution in [3.8, 4) is 0 Å². The smallest absolute Gasteiger partial charge is 0.261 e. The number of hydrogen-bond donors (Lipinski definition) is 1. The molecule has 2 N–H and O–H groups in total. The molecule has 0 radical (unpaired) electrons. The fourth-order valence-corrected chi connectivity index (χ4v) is 2.26. The summed E-state index contributed by atoms with van der Waals surface area (Å²) in [6.07, 6.45) is 2.70. The Morgan fingerprint density at radius 2 is 2.17 bits per heavy atom. The molecule has 0 aromatic carbocycles. The highest BCUT2D eigenvalue weighted by Crippen LogP contribution is 2.28. The summed E-state index contributed by atoms with van der Waals surface area (Å²) in [5.74, 6) is 0.857. The van der Waals surface area contributed by atoms with Crippen LogP contribution in [0.1, 0.15) is 36.5 Å². The summed E-state index contributed by atoms with van der Waals surface area (Å²) < 4.78 is 5.52. The van der Waals surface area contributed by atoms with Crippen LogP contribution >= 0.6 is 11.8 Å². The van der Waals surface area contributed by atoms with Crippen molar-refractivity contribution in [1.82, 2.24) is 9.97 Å². The van der Waals surface area contributed by atoms with E-state index in [1.807, 2.05) is 39.1 Å². The second-order valence-electron chi connectivity index (χ2n) is 4.16. The number of aryl methyl sites for hydroxylation is 2. The summed E-state index contributed by atoms with van der Waals surface area (Å²) in [6, 6.07) is 3.96. The fourth-order valence-electron chi connectivity index (χ4n) is 1.47. The average Bonchev–Trinajstić information content (AvgIpc) is 2.68. The molecule has 0 bridgehead atoms. The Morgan fingerprint density at radius 3 is 2.67 bits per heavy atom. The first kappa shape index (κ1) is 13.1. The summed E-state index contributed by atoms with van der Waals surface area (Å²) in [7, 11) is 0. The van der Waals surface area contributed by atoms with Crippen molar-refractivity contribution in [1.29, 1.82) is 0 Å². The molecule has 5 heteroatoms. The lowest BCUT2D eigenvalue weighted by Gasteiger charge is -2.07. The minimum atomic E-state index is 0.00952. The van der Waals surface area contributed by atoms with Gasteiger partial charge in [0.05, 0.1) is 11.4 Å². The molecule has 0 spiro atoms. The second-order valence-corrected chi connectivity index (χ2v) is 5.18. The van der Waals surface area contributed by atoms with Crippen molar-refractivity contribution in [3.63, 3.8) is 0 Å². The normalized spacial score (nSPS) is 12.7. The van der Waals surface area contributed by atoms with Gasteiger partial charge in [-0.2, -0.15) is 0 Å². The first-order valence-electron chi connectivity index (χ1n) is 5.93. The molecule has 96 valence electrons. The zero-order valence-corrected chi connectivity index (χ0v) is 11.6. The zero-order chi connectivity index (χ0) is 13.1. The molecule has 0 saturated carbocycles. The van der Waals surface area contributed by atoms with Crippen molar-refractivity contribution in [3.05, 3.63) is 35.5 Å². The van der Waals surface area contributed by atoms with Crippen LogP contribution in [0.25, 0.3) is 0 Å². The summed E-state index contributed by atoms with van der Waals surface area (Å²) in [5.41, 5.74) is 7.76. The van der Waals surface area contributed by atoms with Gasteiger partial charge < -0.3 is 10.2 Å². The third kappa shape index (κ3) is 2.91. The molecular formula is C13H17N3OS. The van der Waals surface area contributed by atoms with Crippen LogP contribution < -0.4 is 5.73 Å². The maximum Gasteiger partial charge on any atom is 0.261 e. The summed E-state index contributed by atoms with van der Waals surface area (Å²) >= 11 is 1.47. The number of oxazole rings is 1. The number of nitrogens with zero attached hydrogens (tertiary/aromatic N) is 2. The van der Waals surface area contributed by atoms with E-state index in [0.29, 0.717) is 5.22 Å². The van der Waals surface area contributed by atoms with Gasteiger partial charge in [-0.15, -0.1) is 0 Å². The molecule has 0 amide bonds. The van der Waals surface area contributed by atoms with Crippen LogP contribution in [0, 0.1) is 13.8 Å². The molecule has 0 aliphatic rings. The molecule has 2 aromatic rings. The second kappa shape index (κ2) is 5.54. The van der Waals surface area contributed by atoms with Gasteiger partial charge >= 0.3 is 0 Å². The van der Waals surface area contributed by atoms with Gasteiger partial charge in [-0.1, -0.05) is 6.92 Å². The van der Waals surface area contributed by atoms with Crippen LogP contribution in [0.5, 0.6) is 0 Å². The summed E-state index contributed by atoms with van der Waals surface area (Å²) in [5, 5.41) is 0.652. The lowest BCUT2D eigenvalue weighted by atomic mass is 10.1. The molecule has 0 aliphatic carbocycles. The number of aromatic nitrogens is 2. The zero-order valence-electron chi connectivity index (χ0n) is 10.8. The lowest BCUT2D eigenvalue weighted by molar-refractivity contribution is 0.431. The summed E-state index contributed by atoms with van der Waals surface area (Å²) in [4.78, 5) is 9.69. The Hall–Kier alpha value is -1.33. The van der Waals surface area contributed by atoms with Gasteiger partial charge in [0.25, 0.3) is 5.22 Å². The van der Waals surface area contributed by atoms with Crippen LogP contribution in [0.3, 0.4) is 0 Å².